The topological polar surface area (TPSA) is 77.2 Å². The van der Waals surface area contributed by atoms with Gasteiger partial charge in [0.1, 0.15) is 0 Å². The number of hydrogen-bond acceptors (Lipinski definition) is 4. The maximum Gasteiger partial charge on any atom is 0.175 e. The molecule has 0 spiro atoms. The summed E-state index contributed by atoms with van der Waals surface area (Å²) in [6, 6.07) is 6.18. The van der Waals surface area contributed by atoms with Gasteiger partial charge in [-0.05, 0) is 43.0 Å². The molecule has 0 radical (unpaired) electrons. The first-order chi connectivity index (χ1) is 8.38. The maximum atomic E-state index is 12.0. The predicted molar refractivity (Wildman–Crippen MR) is 71.5 cm³/mol. The van der Waals surface area contributed by atoms with Crippen molar-refractivity contribution in [2.75, 3.05) is 12.0 Å². The smallest absolute Gasteiger partial charge is 0.175 e. The minimum absolute atomic E-state index is 0.0135. The second-order valence-corrected chi connectivity index (χ2v) is 8.27. The highest BCUT2D eigenvalue weighted by Gasteiger charge is 2.29. The standard InChI is InChI=1S/C12H17NO3S2/c1-18(15,16)11-6-4-10(5-7-11)17(14)8-12(13)9-2-3-9/h4-7,9,12H,2-3,8,13H2,1H3. The molecule has 0 bridgehead atoms. The lowest BCUT2D eigenvalue weighted by atomic mass is 10.2. The first kappa shape index (κ1) is 13.7. The third kappa shape index (κ3) is 3.40. The van der Waals surface area contributed by atoms with Crippen LogP contribution in [0.5, 0.6) is 0 Å². The van der Waals surface area contributed by atoms with E-state index in [0.29, 0.717) is 16.6 Å². The highest BCUT2D eigenvalue weighted by atomic mass is 32.2. The van der Waals surface area contributed by atoms with Crippen LogP contribution >= 0.6 is 0 Å². The first-order valence-corrected chi connectivity index (χ1v) is 9.03. The van der Waals surface area contributed by atoms with Crippen molar-refractivity contribution >= 4 is 20.6 Å². The van der Waals surface area contributed by atoms with Gasteiger partial charge in [0.05, 0.1) is 15.7 Å². The summed E-state index contributed by atoms with van der Waals surface area (Å²) >= 11 is 0. The van der Waals surface area contributed by atoms with Crippen molar-refractivity contribution < 1.29 is 12.6 Å². The van der Waals surface area contributed by atoms with E-state index in [0.717, 1.165) is 19.1 Å². The van der Waals surface area contributed by atoms with Gasteiger partial charge in [0.2, 0.25) is 0 Å². The molecule has 1 saturated carbocycles. The van der Waals surface area contributed by atoms with E-state index in [4.69, 9.17) is 5.73 Å². The molecule has 6 heteroatoms. The minimum atomic E-state index is -3.20. The van der Waals surface area contributed by atoms with Crippen LogP contribution in [0.2, 0.25) is 0 Å². The fourth-order valence-electron chi connectivity index (χ4n) is 1.77. The zero-order valence-corrected chi connectivity index (χ0v) is 11.8. The van der Waals surface area contributed by atoms with E-state index >= 15 is 0 Å². The summed E-state index contributed by atoms with van der Waals surface area (Å²) in [5.41, 5.74) is 5.93. The molecule has 0 saturated heterocycles. The molecule has 4 nitrogen and oxygen atoms in total. The van der Waals surface area contributed by atoms with Crippen LogP contribution in [0.1, 0.15) is 12.8 Å². The number of nitrogens with two attached hydrogens (primary N) is 1. The van der Waals surface area contributed by atoms with Gasteiger partial charge < -0.3 is 5.73 Å². The third-order valence-corrected chi connectivity index (χ3v) is 5.70. The Bertz CT molecular complexity index is 547. The maximum absolute atomic E-state index is 12.0. The molecule has 1 aliphatic carbocycles. The highest BCUT2D eigenvalue weighted by molar-refractivity contribution is 7.90. The molecule has 0 amide bonds. The van der Waals surface area contributed by atoms with E-state index in [1.54, 1.807) is 12.1 Å². The molecule has 1 fully saturated rings. The minimum Gasteiger partial charge on any atom is -0.327 e. The Morgan fingerprint density at radius 2 is 1.89 bits per heavy atom. The Labute approximate surface area is 110 Å². The summed E-state index contributed by atoms with van der Waals surface area (Å²) in [6.07, 6.45) is 3.42. The van der Waals surface area contributed by atoms with Gasteiger partial charge in [0, 0.05) is 22.9 Å². The monoisotopic (exact) mass is 287 g/mol. The van der Waals surface area contributed by atoms with Gasteiger partial charge in [-0.1, -0.05) is 0 Å². The number of rotatable bonds is 5. The van der Waals surface area contributed by atoms with Gasteiger partial charge in [-0.15, -0.1) is 0 Å². The number of sulfone groups is 1. The lowest BCUT2D eigenvalue weighted by molar-refractivity contribution is 0.601. The zero-order valence-electron chi connectivity index (χ0n) is 10.2. The van der Waals surface area contributed by atoms with Crippen molar-refractivity contribution in [3.63, 3.8) is 0 Å². The average molecular weight is 287 g/mol. The van der Waals surface area contributed by atoms with Crippen molar-refractivity contribution in [1.29, 1.82) is 0 Å². The van der Waals surface area contributed by atoms with Gasteiger partial charge in [-0.2, -0.15) is 0 Å². The normalized spacial score (nSPS) is 19.4. The summed E-state index contributed by atoms with van der Waals surface area (Å²) in [7, 11) is -4.34. The van der Waals surface area contributed by atoms with Crippen molar-refractivity contribution in [2.45, 2.75) is 28.7 Å². The summed E-state index contributed by atoms with van der Waals surface area (Å²) in [6.45, 7) is 0. The van der Waals surface area contributed by atoms with E-state index in [1.807, 2.05) is 0 Å². The fourth-order valence-corrected chi connectivity index (χ4v) is 3.65. The van der Waals surface area contributed by atoms with Gasteiger partial charge in [0.25, 0.3) is 0 Å². The molecular formula is C12H17NO3S2. The molecule has 1 aromatic carbocycles. The molecule has 100 valence electrons. The Hall–Kier alpha value is -0.720. The third-order valence-electron chi connectivity index (χ3n) is 3.09. The van der Waals surface area contributed by atoms with Crippen LogP contribution in [0.15, 0.2) is 34.1 Å². The summed E-state index contributed by atoms with van der Waals surface area (Å²) in [5.74, 6) is 0.965. The lowest BCUT2D eigenvalue weighted by Crippen LogP contribution is -2.29. The molecule has 2 rings (SSSR count). The molecule has 2 unspecified atom stereocenters. The van der Waals surface area contributed by atoms with Crippen molar-refractivity contribution in [2.24, 2.45) is 11.7 Å². The Morgan fingerprint density at radius 1 is 1.33 bits per heavy atom. The van der Waals surface area contributed by atoms with Gasteiger partial charge in [0.15, 0.2) is 9.84 Å². The van der Waals surface area contributed by atoms with Gasteiger partial charge in [-0.3, -0.25) is 4.21 Å². The SMILES string of the molecule is CS(=O)(=O)c1ccc(S(=O)CC(N)C2CC2)cc1. The zero-order chi connectivity index (χ0) is 13.3. The van der Waals surface area contributed by atoms with E-state index < -0.39 is 20.6 Å². The molecule has 0 aromatic heterocycles. The number of benzene rings is 1. The number of hydrogen-bond donors (Lipinski definition) is 1. The van der Waals surface area contributed by atoms with Crippen molar-refractivity contribution in [1.82, 2.24) is 0 Å². The van der Waals surface area contributed by atoms with Crippen LogP contribution in [0.3, 0.4) is 0 Å². The van der Waals surface area contributed by atoms with Crippen LogP contribution in [-0.4, -0.2) is 30.7 Å². The summed E-state index contributed by atoms with van der Waals surface area (Å²) in [5, 5.41) is 0. The quantitative estimate of drug-likeness (QED) is 0.874. The van der Waals surface area contributed by atoms with Crippen LogP contribution < -0.4 is 5.73 Å². The average Bonchev–Trinajstić information content (AvgIpc) is 3.11. The van der Waals surface area contributed by atoms with Gasteiger partial charge in [-0.25, -0.2) is 8.42 Å². The Morgan fingerprint density at radius 3 is 2.33 bits per heavy atom. The van der Waals surface area contributed by atoms with Crippen LogP contribution in [-0.2, 0) is 20.6 Å². The summed E-state index contributed by atoms with van der Waals surface area (Å²) in [4.78, 5) is 0.883. The van der Waals surface area contributed by atoms with Crippen molar-refractivity contribution in [3.8, 4) is 0 Å². The van der Waals surface area contributed by atoms with Crippen LogP contribution in [0.25, 0.3) is 0 Å². The molecule has 1 aromatic rings. The Kier molecular flexibility index (Phi) is 3.89. The highest BCUT2D eigenvalue weighted by Crippen LogP contribution is 2.32. The van der Waals surface area contributed by atoms with E-state index in [1.165, 1.54) is 12.1 Å². The molecule has 1 aliphatic rings. The second-order valence-electron chi connectivity index (χ2n) is 4.76. The van der Waals surface area contributed by atoms with Crippen molar-refractivity contribution in [3.05, 3.63) is 24.3 Å². The molecule has 0 aliphatic heterocycles. The molecular weight excluding hydrogens is 270 g/mol. The van der Waals surface area contributed by atoms with E-state index in [2.05, 4.69) is 0 Å². The molecule has 2 atom stereocenters. The molecule has 18 heavy (non-hydrogen) atoms. The first-order valence-electron chi connectivity index (χ1n) is 5.82. The van der Waals surface area contributed by atoms with Crippen LogP contribution in [0.4, 0.5) is 0 Å². The molecule has 0 heterocycles. The Balaban J connectivity index is 2.07. The largest absolute Gasteiger partial charge is 0.327 e. The van der Waals surface area contributed by atoms with E-state index in [-0.39, 0.29) is 10.9 Å². The van der Waals surface area contributed by atoms with E-state index in [9.17, 15) is 12.6 Å². The van der Waals surface area contributed by atoms with Crippen LogP contribution in [0, 0.1) is 5.92 Å². The fraction of sp³-hybridized carbons (Fsp3) is 0.500. The molecule has 2 N–H and O–H groups in total. The van der Waals surface area contributed by atoms with Gasteiger partial charge >= 0.3 is 0 Å². The second kappa shape index (κ2) is 5.11. The summed E-state index contributed by atoms with van der Waals surface area (Å²) < 4.78 is 34.6. The predicted octanol–water partition coefficient (Wildman–Crippen LogP) is 0.935. The lowest BCUT2D eigenvalue weighted by Gasteiger charge is -2.09.